The van der Waals surface area contributed by atoms with Crippen molar-refractivity contribution in [3.8, 4) is 10.6 Å². The standard InChI is InChI=1S/C12H14N8OS2/c1-6-10(23-12(14-6)15-7(2)21)8-5-22-11(16-8)13-4-3-9-17-19-20-18-9/h5H,3-4H2,1-2H3,(H,13,16)(H,14,15,21)(H,17,18,19,20). The molecule has 0 aliphatic carbocycles. The van der Waals surface area contributed by atoms with E-state index in [0.29, 0.717) is 18.1 Å². The number of rotatable bonds is 6. The van der Waals surface area contributed by atoms with Gasteiger partial charge in [0.2, 0.25) is 5.91 Å². The molecule has 0 aliphatic rings. The lowest BCUT2D eigenvalue weighted by Gasteiger charge is -1.99. The number of tetrazole rings is 1. The van der Waals surface area contributed by atoms with Gasteiger partial charge in [-0.1, -0.05) is 11.3 Å². The van der Waals surface area contributed by atoms with Gasteiger partial charge in [0, 0.05) is 25.3 Å². The molecule has 11 heteroatoms. The van der Waals surface area contributed by atoms with Crippen molar-refractivity contribution in [2.24, 2.45) is 0 Å². The van der Waals surface area contributed by atoms with Gasteiger partial charge in [0.25, 0.3) is 0 Å². The Balaban J connectivity index is 1.64. The van der Waals surface area contributed by atoms with Crippen LogP contribution in [0, 0.1) is 6.92 Å². The number of anilines is 2. The summed E-state index contributed by atoms with van der Waals surface area (Å²) in [6.45, 7) is 4.05. The predicted octanol–water partition coefficient (Wildman–Crippen LogP) is 1.70. The minimum Gasteiger partial charge on any atom is -0.361 e. The van der Waals surface area contributed by atoms with Gasteiger partial charge in [-0.2, -0.15) is 0 Å². The molecule has 0 unspecified atom stereocenters. The van der Waals surface area contributed by atoms with Gasteiger partial charge in [0.1, 0.15) is 5.82 Å². The van der Waals surface area contributed by atoms with E-state index in [1.165, 1.54) is 29.6 Å². The molecule has 0 atom stereocenters. The van der Waals surface area contributed by atoms with E-state index in [9.17, 15) is 4.79 Å². The molecular formula is C12H14N8OS2. The van der Waals surface area contributed by atoms with Crippen LogP contribution in [0.3, 0.4) is 0 Å². The normalized spacial score (nSPS) is 10.7. The first-order chi connectivity index (χ1) is 11.1. The van der Waals surface area contributed by atoms with Gasteiger partial charge in [-0.05, 0) is 17.4 Å². The quantitative estimate of drug-likeness (QED) is 0.618. The summed E-state index contributed by atoms with van der Waals surface area (Å²) >= 11 is 2.94. The van der Waals surface area contributed by atoms with Crippen molar-refractivity contribution in [1.29, 1.82) is 0 Å². The van der Waals surface area contributed by atoms with Crippen LogP contribution in [0.2, 0.25) is 0 Å². The van der Waals surface area contributed by atoms with Gasteiger partial charge in [-0.3, -0.25) is 4.79 Å². The number of amides is 1. The molecule has 0 bridgehead atoms. The van der Waals surface area contributed by atoms with Gasteiger partial charge in [-0.15, -0.1) is 16.4 Å². The molecule has 3 rings (SSSR count). The van der Waals surface area contributed by atoms with E-state index < -0.39 is 0 Å². The zero-order valence-electron chi connectivity index (χ0n) is 12.5. The third-order valence-corrected chi connectivity index (χ3v) is 4.74. The number of thiazole rings is 2. The lowest BCUT2D eigenvalue weighted by atomic mass is 10.3. The molecule has 3 aromatic heterocycles. The van der Waals surface area contributed by atoms with Crippen LogP contribution in [0.4, 0.5) is 10.3 Å². The minimum atomic E-state index is -0.132. The van der Waals surface area contributed by atoms with E-state index in [-0.39, 0.29) is 5.91 Å². The molecule has 0 aromatic carbocycles. The van der Waals surface area contributed by atoms with Crippen LogP contribution in [0.25, 0.3) is 10.6 Å². The lowest BCUT2D eigenvalue weighted by Crippen LogP contribution is -2.05. The van der Waals surface area contributed by atoms with E-state index in [0.717, 1.165) is 27.2 Å². The molecule has 0 aliphatic heterocycles. The molecule has 0 saturated heterocycles. The highest BCUT2D eigenvalue weighted by Gasteiger charge is 2.13. The second kappa shape index (κ2) is 6.79. The fourth-order valence-corrected chi connectivity index (χ4v) is 3.65. The second-order valence-electron chi connectivity index (χ2n) is 4.68. The zero-order chi connectivity index (χ0) is 16.2. The number of aryl methyl sites for hydroxylation is 1. The van der Waals surface area contributed by atoms with E-state index in [4.69, 9.17) is 0 Å². The number of aromatic amines is 1. The van der Waals surface area contributed by atoms with Gasteiger partial charge < -0.3 is 10.6 Å². The number of hydrogen-bond acceptors (Lipinski definition) is 9. The average molecular weight is 350 g/mol. The van der Waals surface area contributed by atoms with Gasteiger partial charge >= 0.3 is 0 Å². The van der Waals surface area contributed by atoms with Crippen molar-refractivity contribution in [2.45, 2.75) is 20.3 Å². The predicted molar refractivity (Wildman–Crippen MR) is 88.6 cm³/mol. The van der Waals surface area contributed by atoms with E-state index in [2.05, 4.69) is 41.2 Å². The highest BCUT2D eigenvalue weighted by molar-refractivity contribution is 7.19. The van der Waals surface area contributed by atoms with Crippen molar-refractivity contribution in [3.05, 3.63) is 16.9 Å². The average Bonchev–Trinajstić information content (AvgIpc) is 3.20. The third-order valence-electron chi connectivity index (χ3n) is 2.84. The number of aromatic nitrogens is 6. The molecule has 0 fully saturated rings. The fourth-order valence-electron chi connectivity index (χ4n) is 1.87. The maximum Gasteiger partial charge on any atom is 0.223 e. The maximum atomic E-state index is 11.1. The van der Waals surface area contributed by atoms with Crippen LogP contribution < -0.4 is 10.6 Å². The summed E-state index contributed by atoms with van der Waals surface area (Å²) < 4.78 is 0. The SMILES string of the molecule is CC(=O)Nc1nc(C)c(-c2csc(NCCc3nnn[nH]3)n2)s1. The summed E-state index contributed by atoms with van der Waals surface area (Å²) in [5, 5.41) is 22.9. The minimum absolute atomic E-state index is 0.132. The number of H-pyrrole nitrogens is 1. The summed E-state index contributed by atoms with van der Waals surface area (Å²) in [5.74, 6) is 0.598. The molecular weight excluding hydrogens is 336 g/mol. The largest absolute Gasteiger partial charge is 0.361 e. The Morgan fingerprint density at radius 1 is 1.35 bits per heavy atom. The first-order valence-corrected chi connectivity index (χ1v) is 8.49. The molecule has 9 nitrogen and oxygen atoms in total. The smallest absolute Gasteiger partial charge is 0.223 e. The van der Waals surface area contributed by atoms with Crippen LogP contribution in [0.5, 0.6) is 0 Å². The Hall–Kier alpha value is -2.40. The maximum absolute atomic E-state index is 11.1. The van der Waals surface area contributed by atoms with E-state index in [1.807, 2.05) is 12.3 Å². The third kappa shape index (κ3) is 3.87. The lowest BCUT2D eigenvalue weighted by molar-refractivity contribution is -0.114. The summed E-state index contributed by atoms with van der Waals surface area (Å²) in [4.78, 5) is 21.0. The van der Waals surface area contributed by atoms with Crippen LogP contribution in [-0.4, -0.2) is 43.0 Å². The zero-order valence-corrected chi connectivity index (χ0v) is 14.1. The van der Waals surface area contributed by atoms with E-state index >= 15 is 0 Å². The number of hydrogen-bond donors (Lipinski definition) is 3. The Morgan fingerprint density at radius 2 is 2.22 bits per heavy atom. The second-order valence-corrected chi connectivity index (χ2v) is 6.53. The molecule has 0 radical (unpaired) electrons. The number of nitrogens with zero attached hydrogens (tertiary/aromatic N) is 5. The van der Waals surface area contributed by atoms with Gasteiger partial charge in [0.05, 0.1) is 16.3 Å². The number of nitrogens with one attached hydrogen (secondary N) is 3. The van der Waals surface area contributed by atoms with Crippen LogP contribution >= 0.6 is 22.7 Å². The highest BCUT2D eigenvalue weighted by atomic mass is 32.1. The fraction of sp³-hybridized carbons (Fsp3) is 0.333. The molecule has 3 N–H and O–H groups in total. The topological polar surface area (TPSA) is 121 Å². The molecule has 0 saturated carbocycles. The molecule has 120 valence electrons. The Bertz CT molecular complexity index is 794. The van der Waals surface area contributed by atoms with Crippen molar-refractivity contribution >= 4 is 38.8 Å². The summed E-state index contributed by atoms with van der Waals surface area (Å²) in [7, 11) is 0. The number of carbonyl (C=O) groups excluding carboxylic acids is 1. The highest BCUT2D eigenvalue weighted by Crippen LogP contribution is 2.34. The van der Waals surface area contributed by atoms with Gasteiger partial charge in [-0.25, -0.2) is 15.1 Å². The van der Waals surface area contributed by atoms with Crippen molar-refractivity contribution < 1.29 is 4.79 Å². The molecule has 3 aromatic rings. The summed E-state index contributed by atoms with van der Waals surface area (Å²) in [6.07, 6.45) is 0.689. The van der Waals surface area contributed by atoms with Crippen molar-refractivity contribution in [2.75, 3.05) is 17.2 Å². The Kier molecular flexibility index (Phi) is 4.57. The Morgan fingerprint density at radius 3 is 2.96 bits per heavy atom. The summed E-state index contributed by atoms with van der Waals surface area (Å²) in [6, 6.07) is 0. The molecule has 0 spiro atoms. The van der Waals surface area contributed by atoms with Crippen LogP contribution in [0.1, 0.15) is 18.4 Å². The van der Waals surface area contributed by atoms with Crippen LogP contribution in [0.15, 0.2) is 5.38 Å². The van der Waals surface area contributed by atoms with Crippen molar-refractivity contribution in [3.63, 3.8) is 0 Å². The van der Waals surface area contributed by atoms with Crippen LogP contribution in [-0.2, 0) is 11.2 Å². The van der Waals surface area contributed by atoms with E-state index in [1.54, 1.807) is 0 Å². The monoisotopic (exact) mass is 350 g/mol. The molecule has 3 heterocycles. The van der Waals surface area contributed by atoms with Crippen molar-refractivity contribution in [1.82, 2.24) is 30.6 Å². The van der Waals surface area contributed by atoms with Gasteiger partial charge in [0.15, 0.2) is 10.3 Å². The summed E-state index contributed by atoms with van der Waals surface area (Å²) in [5.41, 5.74) is 1.70. The first kappa shape index (κ1) is 15.5. The number of carbonyl (C=O) groups is 1. The molecule has 1 amide bonds. The first-order valence-electron chi connectivity index (χ1n) is 6.79. The molecule has 23 heavy (non-hydrogen) atoms. The Labute approximate surface area is 139 Å².